The van der Waals surface area contributed by atoms with Crippen LogP contribution >= 0.6 is 15.9 Å². The zero-order valence-electron chi connectivity index (χ0n) is 16.6. The Bertz CT molecular complexity index is 1230. The van der Waals surface area contributed by atoms with Crippen molar-refractivity contribution < 1.29 is 41.0 Å². The molecule has 178 valence electrons. The maximum atomic E-state index is 13.7. The van der Waals surface area contributed by atoms with E-state index < -0.39 is 52.7 Å². The lowest BCUT2D eigenvalue weighted by atomic mass is 9.90. The maximum absolute atomic E-state index is 13.7. The predicted molar refractivity (Wildman–Crippen MR) is 110 cm³/mol. The van der Waals surface area contributed by atoms with Gasteiger partial charge in [-0.05, 0) is 35.9 Å². The molecule has 0 bridgehead atoms. The van der Waals surface area contributed by atoms with Gasteiger partial charge in [0.05, 0.1) is 45.8 Å². The molecule has 1 aliphatic rings. The lowest BCUT2D eigenvalue weighted by molar-refractivity contribution is -0.139. The second kappa shape index (κ2) is 9.02. The zero-order chi connectivity index (χ0) is 25.4. The van der Waals surface area contributed by atoms with Gasteiger partial charge in [0.25, 0.3) is 0 Å². The molecule has 2 amide bonds. The Balaban J connectivity index is 2.26. The number of nitrogens with zero attached hydrogens (tertiary/aromatic N) is 2. The minimum Gasteiger partial charge on any atom is -0.478 e. The molecule has 2 N–H and O–H groups in total. The molecule has 0 spiro atoms. The van der Waals surface area contributed by atoms with E-state index in [2.05, 4.69) is 21.2 Å². The number of nitrogens with one attached hydrogen (secondary N) is 1. The van der Waals surface area contributed by atoms with E-state index in [1.54, 1.807) is 6.07 Å². The van der Waals surface area contributed by atoms with Crippen molar-refractivity contribution in [1.29, 1.82) is 5.26 Å². The summed E-state index contributed by atoms with van der Waals surface area (Å²) in [6.45, 7) is 0. The summed E-state index contributed by atoms with van der Waals surface area (Å²) < 4.78 is 80.6. The van der Waals surface area contributed by atoms with E-state index in [9.17, 15) is 41.0 Å². The fourth-order valence-electron chi connectivity index (χ4n) is 3.50. The minimum atomic E-state index is -5.00. The summed E-state index contributed by atoms with van der Waals surface area (Å²) >= 11 is 2.99. The SMILES string of the molecule is N#Cc1ccc(C2NC(=O)N(c3cccc(C(F)(F)F)c3)C(CBr)=C2C(=O)O)c(C(F)(F)F)c1. The maximum Gasteiger partial charge on any atom is 0.416 e. The van der Waals surface area contributed by atoms with E-state index in [4.69, 9.17) is 5.26 Å². The van der Waals surface area contributed by atoms with Crippen LogP contribution in [-0.2, 0) is 17.1 Å². The second-order valence-electron chi connectivity index (χ2n) is 6.98. The van der Waals surface area contributed by atoms with Gasteiger partial charge in [-0.25, -0.2) is 9.59 Å². The number of urea groups is 1. The van der Waals surface area contributed by atoms with Crippen LogP contribution < -0.4 is 10.2 Å². The van der Waals surface area contributed by atoms with Crippen molar-refractivity contribution >= 4 is 33.6 Å². The topological polar surface area (TPSA) is 93.4 Å². The molecular formula is C21H12BrF6N3O3. The first-order valence-electron chi connectivity index (χ1n) is 9.21. The Morgan fingerprint density at radius 3 is 2.32 bits per heavy atom. The van der Waals surface area contributed by atoms with Crippen molar-refractivity contribution in [1.82, 2.24) is 5.32 Å². The molecule has 1 aliphatic heterocycles. The number of carbonyl (C=O) groups is 2. The molecule has 2 aromatic rings. The number of carbonyl (C=O) groups excluding carboxylic acids is 1. The monoisotopic (exact) mass is 547 g/mol. The number of nitriles is 1. The number of hydrogen-bond acceptors (Lipinski definition) is 3. The van der Waals surface area contributed by atoms with Gasteiger partial charge >= 0.3 is 24.4 Å². The van der Waals surface area contributed by atoms with Crippen LogP contribution in [0.4, 0.5) is 36.8 Å². The highest BCUT2D eigenvalue weighted by Crippen LogP contribution is 2.41. The summed E-state index contributed by atoms with van der Waals surface area (Å²) in [6.07, 6.45) is -9.76. The molecule has 34 heavy (non-hydrogen) atoms. The third kappa shape index (κ3) is 4.72. The van der Waals surface area contributed by atoms with Crippen molar-refractivity contribution in [2.45, 2.75) is 18.4 Å². The van der Waals surface area contributed by atoms with E-state index in [-0.39, 0.29) is 22.3 Å². The van der Waals surface area contributed by atoms with Gasteiger partial charge in [0.2, 0.25) is 0 Å². The Hall–Kier alpha value is -3.53. The van der Waals surface area contributed by atoms with Crippen LogP contribution in [0.25, 0.3) is 0 Å². The van der Waals surface area contributed by atoms with Crippen molar-refractivity contribution in [3.8, 4) is 6.07 Å². The molecule has 1 heterocycles. The molecule has 6 nitrogen and oxygen atoms in total. The summed E-state index contributed by atoms with van der Waals surface area (Å²) in [4.78, 5) is 25.7. The van der Waals surface area contributed by atoms with Crippen molar-refractivity contribution in [3.05, 3.63) is 76.0 Å². The van der Waals surface area contributed by atoms with E-state index in [1.165, 1.54) is 0 Å². The molecule has 3 rings (SSSR count). The highest BCUT2D eigenvalue weighted by molar-refractivity contribution is 9.09. The van der Waals surface area contributed by atoms with Crippen LogP contribution in [0.2, 0.25) is 0 Å². The lowest BCUT2D eigenvalue weighted by Crippen LogP contribution is -2.49. The van der Waals surface area contributed by atoms with Gasteiger partial charge in [-0.3, -0.25) is 4.90 Å². The molecule has 13 heteroatoms. The molecule has 1 atom stereocenters. The number of carboxylic acid groups (broad SMARTS) is 1. The van der Waals surface area contributed by atoms with Gasteiger partial charge in [-0.15, -0.1) is 0 Å². The van der Waals surface area contributed by atoms with Gasteiger partial charge in [-0.1, -0.05) is 28.1 Å². The van der Waals surface area contributed by atoms with E-state index in [1.807, 2.05) is 0 Å². The molecule has 0 aromatic heterocycles. The van der Waals surface area contributed by atoms with Crippen molar-refractivity contribution in [2.75, 3.05) is 10.2 Å². The first kappa shape index (κ1) is 25.1. The summed E-state index contributed by atoms with van der Waals surface area (Å²) in [7, 11) is 0. The molecule has 0 saturated heterocycles. The molecule has 0 saturated carbocycles. The number of allylic oxidation sites excluding steroid dienone is 1. The van der Waals surface area contributed by atoms with Crippen LogP contribution in [0.1, 0.15) is 28.3 Å². The lowest BCUT2D eigenvalue weighted by Gasteiger charge is -2.36. The third-order valence-corrected chi connectivity index (χ3v) is 5.46. The van der Waals surface area contributed by atoms with E-state index in [0.717, 1.165) is 30.3 Å². The third-order valence-electron chi connectivity index (χ3n) is 4.93. The number of anilines is 1. The zero-order valence-corrected chi connectivity index (χ0v) is 18.2. The molecule has 0 fully saturated rings. The van der Waals surface area contributed by atoms with Crippen LogP contribution in [-0.4, -0.2) is 22.4 Å². The highest BCUT2D eigenvalue weighted by atomic mass is 79.9. The van der Waals surface area contributed by atoms with Gasteiger partial charge < -0.3 is 10.4 Å². The van der Waals surface area contributed by atoms with Gasteiger partial charge in [0.1, 0.15) is 0 Å². The number of hydrogen-bond donors (Lipinski definition) is 2. The molecule has 0 radical (unpaired) electrons. The Kier molecular flexibility index (Phi) is 6.66. The Morgan fingerprint density at radius 2 is 1.79 bits per heavy atom. The summed E-state index contributed by atoms with van der Waals surface area (Å²) in [6, 6.07) is 4.54. The first-order valence-corrected chi connectivity index (χ1v) is 10.3. The first-order chi connectivity index (χ1) is 15.8. The van der Waals surface area contributed by atoms with Crippen molar-refractivity contribution in [3.63, 3.8) is 0 Å². The number of amides is 2. The van der Waals surface area contributed by atoms with Gasteiger partial charge in [-0.2, -0.15) is 31.6 Å². The minimum absolute atomic E-state index is 0.338. The number of alkyl halides is 7. The predicted octanol–water partition coefficient (Wildman–Crippen LogP) is 5.60. The van der Waals surface area contributed by atoms with Crippen LogP contribution in [0, 0.1) is 11.3 Å². The smallest absolute Gasteiger partial charge is 0.416 e. The van der Waals surface area contributed by atoms with E-state index in [0.29, 0.717) is 17.0 Å². The Morgan fingerprint density at radius 1 is 1.12 bits per heavy atom. The molecular weight excluding hydrogens is 536 g/mol. The van der Waals surface area contributed by atoms with Crippen molar-refractivity contribution in [2.24, 2.45) is 0 Å². The fourth-order valence-corrected chi connectivity index (χ4v) is 4.05. The van der Waals surface area contributed by atoms with Crippen LogP contribution in [0.5, 0.6) is 0 Å². The number of halogens is 7. The highest BCUT2D eigenvalue weighted by Gasteiger charge is 2.43. The number of aliphatic carboxylic acids is 1. The number of benzene rings is 2. The molecule has 0 aliphatic carbocycles. The number of carboxylic acids is 1. The Labute approximate surface area is 196 Å². The van der Waals surface area contributed by atoms with Crippen LogP contribution in [0.3, 0.4) is 0 Å². The summed E-state index contributed by atoms with van der Waals surface area (Å²) in [5.41, 5.74) is -4.82. The molecule has 1 unspecified atom stereocenters. The van der Waals surface area contributed by atoms with E-state index >= 15 is 0 Å². The average Bonchev–Trinajstić information content (AvgIpc) is 2.76. The average molecular weight is 548 g/mol. The standard InChI is InChI=1S/C21H12BrF6N3O3/c22-8-15-16(18(32)33)17(13-5-4-10(9-29)6-14(13)21(26,27)28)30-19(34)31(15)12-3-1-2-11(7-12)20(23,24)25/h1-7,17H,8H2,(H,30,34)(H,32,33). The largest absolute Gasteiger partial charge is 0.478 e. The fraction of sp³-hybridized carbons (Fsp3) is 0.190. The van der Waals surface area contributed by atoms with Gasteiger partial charge in [0.15, 0.2) is 0 Å². The normalized spacial score (nSPS) is 16.8. The van der Waals surface area contributed by atoms with Crippen LogP contribution in [0.15, 0.2) is 53.7 Å². The molecule has 2 aromatic carbocycles. The quantitative estimate of drug-likeness (QED) is 0.385. The number of rotatable bonds is 4. The second-order valence-corrected chi connectivity index (χ2v) is 7.54. The van der Waals surface area contributed by atoms with Gasteiger partial charge in [0, 0.05) is 5.33 Å². The summed E-state index contributed by atoms with van der Waals surface area (Å²) in [5, 5.41) is 20.5. The summed E-state index contributed by atoms with van der Waals surface area (Å²) in [5.74, 6) is -1.70.